The van der Waals surface area contributed by atoms with Crippen LogP contribution in [-0.2, 0) is 0 Å². The van der Waals surface area contributed by atoms with Gasteiger partial charge in [-0.15, -0.1) is 11.8 Å². The number of nitrogens with one attached hydrogen (secondary N) is 1. The number of rotatable bonds is 2. The van der Waals surface area contributed by atoms with Gasteiger partial charge in [0.15, 0.2) is 0 Å². The SMILES string of the molecule is Cc1ccc(Br)c(NC2CCSc3c(F)cccc32)c1. The van der Waals surface area contributed by atoms with Gasteiger partial charge in [-0.05, 0) is 58.6 Å². The summed E-state index contributed by atoms with van der Waals surface area (Å²) in [6.45, 7) is 2.07. The van der Waals surface area contributed by atoms with Crippen LogP contribution < -0.4 is 5.32 Å². The van der Waals surface area contributed by atoms with Crippen LogP contribution >= 0.6 is 27.7 Å². The molecule has 4 heteroatoms. The van der Waals surface area contributed by atoms with Crippen molar-refractivity contribution in [2.45, 2.75) is 24.3 Å². The van der Waals surface area contributed by atoms with Gasteiger partial charge in [-0.3, -0.25) is 0 Å². The Morgan fingerprint density at radius 2 is 2.15 bits per heavy atom. The van der Waals surface area contributed by atoms with E-state index >= 15 is 0 Å². The molecular formula is C16H15BrFNS. The average Bonchev–Trinajstić information content (AvgIpc) is 2.44. The smallest absolute Gasteiger partial charge is 0.137 e. The zero-order valence-electron chi connectivity index (χ0n) is 11.1. The topological polar surface area (TPSA) is 12.0 Å². The number of thioether (sulfide) groups is 1. The van der Waals surface area contributed by atoms with E-state index in [4.69, 9.17) is 0 Å². The fourth-order valence-electron chi connectivity index (χ4n) is 2.47. The second-order valence-corrected chi connectivity index (χ2v) is 6.94. The summed E-state index contributed by atoms with van der Waals surface area (Å²) >= 11 is 5.18. The molecule has 104 valence electrons. The minimum absolute atomic E-state index is 0.109. The molecule has 2 aromatic carbocycles. The molecule has 0 aliphatic carbocycles. The molecule has 0 spiro atoms. The molecule has 0 amide bonds. The Hall–Kier alpha value is -1.00. The highest BCUT2D eigenvalue weighted by Crippen LogP contribution is 2.40. The number of halogens is 2. The van der Waals surface area contributed by atoms with Crippen molar-refractivity contribution in [1.29, 1.82) is 0 Å². The second kappa shape index (κ2) is 5.78. The third-order valence-electron chi connectivity index (χ3n) is 3.48. The first-order valence-corrected chi connectivity index (χ1v) is 8.37. The second-order valence-electron chi connectivity index (χ2n) is 4.98. The van der Waals surface area contributed by atoms with Crippen LogP contribution in [-0.4, -0.2) is 5.75 Å². The van der Waals surface area contributed by atoms with Crippen LogP contribution in [0.2, 0.25) is 0 Å². The summed E-state index contributed by atoms with van der Waals surface area (Å²) in [4.78, 5) is 0.792. The van der Waals surface area contributed by atoms with Gasteiger partial charge in [0.25, 0.3) is 0 Å². The van der Waals surface area contributed by atoms with Crippen molar-refractivity contribution in [2.24, 2.45) is 0 Å². The molecule has 2 aromatic rings. The average molecular weight is 352 g/mol. The van der Waals surface area contributed by atoms with Gasteiger partial charge in [-0.25, -0.2) is 4.39 Å². The van der Waals surface area contributed by atoms with Gasteiger partial charge in [0.05, 0.1) is 6.04 Å². The van der Waals surface area contributed by atoms with Crippen molar-refractivity contribution in [3.63, 3.8) is 0 Å². The summed E-state index contributed by atoms with van der Waals surface area (Å²) in [5.74, 6) is 0.831. The van der Waals surface area contributed by atoms with Crippen molar-refractivity contribution >= 4 is 33.4 Å². The minimum Gasteiger partial charge on any atom is -0.377 e. The molecule has 20 heavy (non-hydrogen) atoms. The third kappa shape index (κ3) is 2.72. The molecule has 1 nitrogen and oxygen atoms in total. The molecule has 0 radical (unpaired) electrons. The Morgan fingerprint density at radius 3 is 3.00 bits per heavy atom. The quantitative estimate of drug-likeness (QED) is 0.761. The van der Waals surface area contributed by atoms with Crippen LogP contribution in [0.1, 0.15) is 23.6 Å². The molecular weight excluding hydrogens is 337 g/mol. The molecule has 1 aliphatic heterocycles. The predicted molar refractivity (Wildman–Crippen MR) is 87.0 cm³/mol. The van der Waals surface area contributed by atoms with Crippen molar-refractivity contribution in [2.75, 3.05) is 11.1 Å². The first-order chi connectivity index (χ1) is 9.65. The van der Waals surface area contributed by atoms with Gasteiger partial charge in [-0.1, -0.05) is 18.2 Å². The number of anilines is 1. The summed E-state index contributed by atoms with van der Waals surface area (Å²) in [5, 5.41) is 3.55. The summed E-state index contributed by atoms with van der Waals surface area (Å²) in [5.41, 5.74) is 3.34. The summed E-state index contributed by atoms with van der Waals surface area (Å²) < 4.78 is 14.9. The molecule has 1 unspecified atom stereocenters. The van der Waals surface area contributed by atoms with Crippen LogP contribution in [0.15, 0.2) is 45.8 Å². The third-order valence-corrected chi connectivity index (χ3v) is 5.33. The van der Waals surface area contributed by atoms with Gasteiger partial charge in [0.2, 0.25) is 0 Å². The standard InChI is InChI=1S/C16H15BrFNS/c1-10-5-6-12(17)15(9-10)19-14-7-8-20-16-11(14)3-2-4-13(16)18/h2-6,9,14,19H,7-8H2,1H3. The molecule has 0 saturated heterocycles. The van der Waals surface area contributed by atoms with Gasteiger partial charge in [0.1, 0.15) is 5.82 Å². The van der Waals surface area contributed by atoms with Gasteiger partial charge < -0.3 is 5.32 Å². The summed E-state index contributed by atoms with van der Waals surface area (Å²) in [6.07, 6.45) is 1.00. The van der Waals surface area contributed by atoms with Crippen molar-refractivity contribution in [1.82, 2.24) is 0 Å². The van der Waals surface area contributed by atoms with Gasteiger partial charge >= 0.3 is 0 Å². The lowest BCUT2D eigenvalue weighted by atomic mass is 10.0. The molecule has 0 fully saturated rings. The molecule has 1 atom stereocenters. The lowest BCUT2D eigenvalue weighted by molar-refractivity contribution is 0.585. The van der Waals surface area contributed by atoms with E-state index in [0.717, 1.165) is 32.8 Å². The van der Waals surface area contributed by atoms with E-state index < -0.39 is 0 Å². The maximum atomic E-state index is 13.9. The Balaban J connectivity index is 1.94. The monoisotopic (exact) mass is 351 g/mol. The molecule has 1 heterocycles. The van der Waals surface area contributed by atoms with Crippen LogP contribution in [0, 0.1) is 12.7 Å². The van der Waals surface area contributed by atoms with Gasteiger partial charge in [-0.2, -0.15) is 0 Å². The minimum atomic E-state index is -0.109. The maximum absolute atomic E-state index is 13.9. The highest BCUT2D eigenvalue weighted by Gasteiger charge is 2.23. The molecule has 0 saturated carbocycles. The van der Waals surface area contributed by atoms with Crippen molar-refractivity contribution < 1.29 is 4.39 Å². The van der Waals surface area contributed by atoms with Crippen LogP contribution in [0.4, 0.5) is 10.1 Å². The Morgan fingerprint density at radius 1 is 1.30 bits per heavy atom. The molecule has 3 rings (SSSR count). The van der Waals surface area contributed by atoms with E-state index in [9.17, 15) is 4.39 Å². The molecule has 0 aromatic heterocycles. The van der Waals surface area contributed by atoms with E-state index in [1.807, 2.05) is 12.1 Å². The summed E-state index contributed by atoms with van der Waals surface area (Å²) in [7, 11) is 0. The maximum Gasteiger partial charge on any atom is 0.137 e. The largest absolute Gasteiger partial charge is 0.377 e. The van der Waals surface area contributed by atoms with E-state index in [0.29, 0.717) is 0 Å². The number of hydrogen-bond acceptors (Lipinski definition) is 2. The first kappa shape index (κ1) is 14.0. The highest BCUT2D eigenvalue weighted by molar-refractivity contribution is 9.10. The number of benzene rings is 2. The lowest BCUT2D eigenvalue weighted by Gasteiger charge is -2.27. The Kier molecular flexibility index (Phi) is 4.03. The van der Waals surface area contributed by atoms with Crippen LogP contribution in [0.5, 0.6) is 0 Å². The zero-order valence-corrected chi connectivity index (χ0v) is 13.5. The van der Waals surface area contributed by atoms with E-state index in [1.54, 1.807) is 17.8 Å². The van der Waals surface area contributed by atoms with E-state index in [2.05, 4.69) is 40.3 Å². The highest BCUT2D eigenvalue weighted by atomic mass is 79.9. The number of aryl methyl sites for hydroxylation is 1. The Labute approximate surface area is 131 Å². The van der Waals surface area contributed by atoms with E-state index in [1.165, 1.54) is 11.6 Å². The van der Waals surface area contributed by atoms with E-state index in [-0.39, 0.29) is 11.9 Å². The zero-order chi connectivity index (χ0) is 14.1. The Bertz CT molecular complexity index is 644. The van der Waals surface area contributed by atoms with Gasteiger partial charge in [0, 0.05) is 20.8 Å². The molecule has 0 bridgehead atoms. The van der Waals surface area contributed by atoms with Crippen LogP contribution in [0.3, 0.4) is 0 Å². The lowest BCUT2D eigenvalue weighted by Crippen LogP contribution is -2.17. The molecule has 1 aliphatic rings. The number of fused-ring (bicyclic) bond motifs is 1. The first-order valence-electron chi connectivity index (χ1n) is 6.59. The molecule has 1 N–H and O–H groups in total. The normalized spacial score (nSPS) is 17.6. The summed E-state index contributed by atoms with van der Waals surface area (Å²) in [6, 6.07) is 11.7. The number of hydrogen-bond donors (Lipinski definition) is 1. The van der Waals surface area contributed by atoms with Crippen LogP contribution in [0.25, 0.3) is 0 Å². The predicted octanol–water partition coefficient (Wildman–Crippen LogP) is 5.55. The van der Waals surface area contributed by atoms with Crippen molar-refractivity contribution in [3.05, 3.63) is 57.8 Å². The van der Waals surface area contributed by atoms with Crippen molar-refractivity contribution in [3.8, 4) is 0 Å². The fourth-order valence-corrected chi connectivity index (χ4v) is 3.98. The fraction of sp³-hybridized carbons (Fsp3) is 0.250.